The number of pyridine rings is 1. The third-order valence-corrected chi connectivity index (χ3v) is 7.88. The first-order chi connectivity index (χ1) is 21.7. The van der Waals surface area contributed by atoms with Crippen LogP contribution in [0.25, 0.3) is 5.70 Å². The number of rotatable bonds is 9. The van der Waals surface area contributed by atoms with E-state index in [1.807, 2.05) is 65.1 Å². The van der Waals surface area contributed by atoms with E-state index in [0.29, 0.717) is 17.1 Å². The first-order valence-electron chi connectivity index (χ1n) is 16.4. The van der Waals surface area contributed by atoms with Crippen molar-refractivity contribution in [3.63, 3.8) is 0 Å². The fourth-order valence-corrected chi connectivity index (χ4v) is 4.80. The summed E-state index contributed by atoms with van der Waals surface area (Å²) in [6, 6.07) is 9.71. The molecule has 1 aromatic heterocycles. The van der Waals surface area contributed by atoms with E-state index in [-0.39, 0.29) is 5.56 Å². The number of nitriles is 1. The Balaban J connectivity index is 0.000000572. The Kier molecular flexibility index (Phi) is 18.4. The molecule has 2 aromatic rings. The van der Waals surface area contributed by atoms with Crippen LogP contribution in [0.2, 0.25) is 0 Å². The summed E-state index contributed by atoms with van der Waals surface area (Å²) < 4.78 is 14.2. The lowest BCUT2D eigenvalue weighted by atomic mass is 10.0. The second-order valence-corrected chi connectivity index (χ2v) is 10.8. The molecular weight excluding hydrogens is 565 g/mol. The molecule has 0 saturated carbocycles. The van der Waals surface area contributed by atoms with Gasteiger partial charge in [-0.25, -0.2) is 14.4 Å². The van der Waals surface area contributed by atoms with Gasteiger partial charge in [0.25, 0.3) is 0 Å². The van der Waals surface area contributed by atoms with Crippen LogP contribution in [0.5, 0.6) is 0 Å². The van der Waals surface area contributed by atoms with Gasteiger partial charge in [0.15, 0.2) is 0 Å². The van der Waals surface area contributed by atoms with Crippen molar-refractivity contribution in [2.45, 2.75) is 80.2 Å². The summed E-state index contributed by atoms with van der Waals surface area (Å²) in [5, 5.41) is 12.5. The lowest BCUT2D eigenvalue weighted by molar-refractivity contribution is -0.110. The van der Waals surface area contributed by atoms with Crippen LogP contribution in [0.4, 0.5) is 15.9 Å². The topological polar surface area (TPSA) is 92.7 Å². The highest BCUT2D eigenvalue weighted by Gasteiger charge is 2.32. The van der Waals surface area contributed by atoms with Crippen LogP contribution >= 0.6 is 0 Å². The molecule has 2 unspecified atom stereocenters. The van der Waals surface area contributed by atoms with Crippen LogP contribution in [0.15, 0.2) is 54.4 Å². The van der Waals surface area contributed by atoms with Crippen molar-refractivity contribution >= 4 is 23.5 Å². The van der Waals surface area contributed by atoms with E-state index in [9.17, 15) is 9.18 Å². The summed E-state index contributed by atoms with van der Waals surface area (Å²) >= 11 is 0. The van der Waals surface area contributed by atoms with E-state index >= 15 is 0 Å². The molecule has 2 atom stereocenters. The molecular formula is C36H56FN7O. The van der Waals surface area contributed by atoms with E-state index in [4.69, 9.17) is 11.0 Å². The van der Waals surface area contributed by atoms with Crippen molar-refractivity contribution in [1.29, 1.82) is 5.26 Å². The average molecular weight is 622 g/mol. The molecule has 1 fully saturated rings. The minimum atomic E-state index is -0.591. The van der Waals surface area contributed by atoms with Gasteiger partial charge >= 0.3 is 0 Å². The Hall–Kier alpha value is -3.74. The smallest absolute Gasteiger partial charge is 0.147 e. The number of aldehydes is 1. The van der Waals surface area contributed by atoms with E-state index in [2.05, 4.69) is 35.7 Å². The van der Waals surface area contributed by atoms with Gasteiger partial charge in [0.1, 0.15) is 30.0 Å². The van der Waals surface area contributed by atoms with Crippen LogP contribution < -0.4 is 15.6 Å². The number of nitrogens with zero attached hydrogens (tertiary/aromatic N) is 6. The van der Waals surface area contributed by atoms with Crippen LogP contribution in [-0.2, 0) is 4.79 Å². The summed E-state index contributed by atoms with van der Waals surface area (Å²) in [5.74, 6) is 0.904. The molecule has 2 aliphatic heterocycles. The monoisotopic (exact) mass is 621 g/mol. The Morgan fingerprint density at radius 2 is 1.80 bits per heavy atom. The molecule has 0 amide bonds. The number of hydrazine groups is 1. The van der Waals surface area contributed by atoms with Gasteiger partial charge in [-0.2, -0.15) is 5.26 Å². The Bertz CT molecular complexity index is 1250. The second kappa shape index (κ2) is 21.1. The number of hydrogen-bond donors (Lipinski definition) is 1. The van der Waals surface area contributed by atoms with Crippen LogP contribution in [0.3, 0.4) is 0 Å². The van der Waals surface area contributed by atoms with Crippen molar-refractivity contribution in [3.05, 3.63) is 71.3 Å². The van der Waals surface area contributed by atoms with Gasteiger partial charge in [-0.1, -0.05) is 66.5 Å². The number of benzene rings is 1. The standard InChI is InChI=1S/C22H23FN6O.C10H21N.2C2H6/c1-26-7-9-28(10-8-26)18-5-6-22(25-14-18)29-21(12-19(15-30)27(29)2)16-3-4-17(13-24)20(23)11-16;1-4-9(3)7-6-8-10(11)5-2;2*1-2/h3-6,11-12,14-15,19H,7-10H2,1-2H3;5,9H,4,6-8,11H2,1-3H3;2*1-2H3/b;10-5+;;. The first-order valence-corrected chi connectivity index (χ1v) is 16.4. The van der Waals surface area contributed by atoms with Crippen molar-refractivity contribution in [2.24, 2.45) is 11.7 Å². The zero-order valence-electron chi connectivity index (χ0n) is 29.1. The Morgan fingerprint density at radius 3 is 2.31 bits per heavy atom. The van der Waals surface area contributed by atoms with Gasteiger partial charge < -0.3 is 20.3 Å². The summed E-state index contributed by atoms with van der Waals surface area (Å²) in [7, 11) is 3.91. The van der Waals surface area contributed by atoms with E-state index in [1.54, 1.807) is 29.2 Å². The van der Waals surface area contributed by atoms with Crippen LogP contribution in [0.1, 0.15) is 85.3 Å². The predicted molar refractivity (Wildman–Crippen MR) is 187 cm³/mol. The fourth-order valence-electron chi connectivity index (χ4n) is 4.80. The van der Waals surface area contributed by atoms with E-state index < -0.39 is 11.9 Å². The number of carbonyl (C=O) groups is 1. The predicted octanol–water partition coefficient (Wildman–Crippen LogP) is 7.24. The van der Waals surface area contributed by atoms with E-state index in [0.717, 1.165) is 56.2 Å². The minimum absolute atomic E-state index is 0.0150. The lowest BCUT2D eigenvalue weighted by Crippen LogP contribution is -2.44. The molecule has 248 valence electrons. The highest BCUT2D eigenvalue weighted by Crippen LogP contribution is 2.34. The minimum Gasteiger partial charge on any atom is -0.402 e. The Labute approximate surface area is 272 Å². The molecule has 8 nitrogen and oxygen atoms in total. The first kappa shape index (κ1) is 39.3. The molecule has 2 aliphatic rings. The molecule has 1 aromatic carbocycles. The molecule has 1 saturated heterocycles. The van der Waals surface area contributed by atoms with Gasteiger partial charge in [0.2, 0.25) is 0 Å². The Morgan fingerprint density at radius 1 is 1.13 bits per heavy atom. The summed E-state index contributed by atoms with van der Waals surface area (Å²) in [6.45, 7) is 18.5. The molecule has 2 N–H and O–H groups in total. The summed E-state index contributed by atoms with van der Waals surface area (Å²) in [5.41, 5.74) is 8.96. The number of aromatic nitrogens is 1. The molecule has 0 aliphatic carbocycles. The number of carbonyl (C=O) groups excluding carboxylic acids is 1. The van der Waals surface area contributed by atoms with Crippen molar-refractivity contribution in [2.75, 3.05) is 50.2 Å². The number of nitrogens with two attached hydrogens (primary N) is 1. The highest BCUT2D eigenvalue weighted by atomic mass is 19.1. The highest BCUT2D eigenvalue weighted by molar-refractivity contribution is 5.84. The third kappa shape index (κ3) is 11.6. The molecule has 0 bridgehead atoms. The molecule has 0 radical (unpaired) electrons. The van der Waals surface area contributed by atoms with Crippen LogP contribution in [-0.4, -0.2) is 67.5 Å². The zero-order valence-corrected chi connectivity index (χ0v) is 29.1. The van der Waals surface area contributed by atoms with Gasteiger partial charge in [-0.05, 0) is 63.1 Å². The average Bonchev–Trinajstić information content (AvgIpc) is 3.42. The lowest BCUT2D eigenvalue weighted by Gasteiger charge is -2.34. The normalized spacial score (nSPS) is 17.4. The maximum absolute atomic E-state index is 14.2. The van der Waals surface area contributed by atoms with Crippen molar-refractivity contribution < 1.29 is 9.18 Å². The third-order valence-electron chi connectivity index (χ3n) is 7.88. The van der Waals surface area contributed by atoms with Gasteiger partial charge in [-0.3, -0.25) is 5.01 Å². The maximum Gasteiger partial charge on any atom is 0.147 e. The number of hydrogen-bond acceptors (Lipinski definition) is 8. The quantitative estimate of drug-likeness (QED) is 0.293. The van der Waals surface area contributed by atoms with E-state index in [1.165, 1.54) is 31.4 Å². The molecule has 3 heterocycles. The SMILES string of the molecule is C/C=C(/N)CCCC(C)CC.CC.CC.CN1CCN(c2ccc(N3C(c4ccc(C#N)c(F)c4)=CC(C=O)N3C)nc2)CC1. The number of piperazine rings is 1. The molecule has 45 heavy (non-hydrogen) atoms. The van der Waals surface area contributed by atoms with Gasteiger partial charge in [0.05, 0.1) is 23.1 Å². The van der Waals surface area contributed by atoms with Gasteiger partial charge in [-0.15, -0.1) is 0 Å². The second-order valence-electron chi connectivity index (χ2n) is 10.8. The number of halogens is 1. The molecule has 4 rings (SSSR count). The largest absolute Gasteiger partial charge is 0.402 e. The summed E-state index contributed by atoms with van der Waals surface area (Å²) in [6.07, 6.45) is 11.3. The maximum atomic E-state index is 14.2. The van der Waals surface area contributed by atoms with Gasteiger partial charge in [0, 0.05) is 44.5 Å². The van der Waals surface area contributed by atoms with Crippen molar-refractivity contribution in [3.8, 4) is 6.07 Å². The summed E-state index contributed by atoms with van der Waals surface area (Å²) in [4.78, 5) is 20.8. The number of allylic oxidation sites excluding steroid dienone is 2. The molecule has 0 spiro atoms. The van der Waals surface area contributed by atoms with Crippen molar-refractivity contribution in [1.82, 2.24) is 14.9 Å². The zero-order chi connectivity index (χ0) is 33.9. The number of likely N-dealkylation sites (N-methyl/N-ethyl adjacent to an activating group) is 2. The number of anilines is 2. The fraction of sp³-hybridized carbons (Fsp3) is 0.528. The van der Waals surface area contributed by atoms with Crippen LogP contribution in [0, 0.1) is 23.1 Å². The molecule has 9 heteroatoms.